The standard InChI is InChI=1S/C15H25N3/c1-10(2)9-14-17-11(3)15(12(4)18-14)13-5-7-16-8-6-13/h10,13,16H,5-9H2,1-4H3. The molecular weight excluding hydrogens is 222 g/mol. The van der Waals surface area contributed by atoms with Crippen LogP contribution in [0.1, 0.15) is 55.4 Å². The highest BCUT2D eigenvalue weighted by atomic mass is 14.9. The fraction of sp³-hybridized carbons (Fsp3) is 0.733. The molecule has 0 radical (unpaired) electrons. The molecule has 2 heterocycles. The molecule has 1 aromatic heterocycles. The Kier molecular flexibility index (Phi) is 4.33. The molecule has 1 aromatic rings. The topological polar surface area (TPSA) is 37.8 Å². The molecule has 100 valence electrons. The van der Waals surface area contributed by atoms with E-state index in [9.17, 15) is 0 Å². The number of hydrogen-bond acceptors (Lipinski definition) is 3. The van der Waals surface area contributed by atoms with E-state index in [4.69, 9.17) is 9.97 Å². The lowest BCUT2D eigenvalue weighted by atomic mass is 9.88. The van der Waals surface area contributed by atoms with Crippen molar-refractivity contribution in [2.24, 2.45) is 5.92 Å². The molecule has 0 amide bonds. The van der Waals surface area contributed by atoms with Crippen LogP contribution in [0.15, 0.2) is 0 Å². The minimum atomic E-state index is 0.619. The third kappa shape index (κ3) is 3.08. The Morgan fingerprint density at radius 2 is 1.67 bits per heavy atom. The zero-order valence-electron chi connectivity index (χ0n) is 12.1. The van der Waals surface area contributed by atoms with Gasteiger partial charge in [0.15, 0.2) is 0 Å². The number of aryl methyl sites for hydroxylation is 2. The number of nitrogens with zero attached hydrogens (tertiary/aromatic N) is 2. The van der Waals surface area contributed by atoms with Crippen LogP contribution in [0.4, 0.5) is 0 Å². The van der Waals surface area contributed by atoms with Gasteiger partial charge in [-0.2, -0.15) is 0 Å². The van der Waals surface area contributed by atoms with Crippen LogP contribution in [0.5, 0.6) is 0 Å². The molecule has 1 fully saturated rings. The number of nitrogens with one attached hydrogen (secondary N) is 1. The third-order valence-electron chi connectivity index (χ3n) is 3.71. The van der Waals surface area contributed by atoms with Crippen molar-refractivity contribution < 1.29 is 0 Å². The Morgan fingerprint density at radius 1 is 1.11 bits per heavy atom. The zero-order chi connectivity index (χ0) is 13.1. The van der Waals surface area contributed by atoms with Gasteiger partial charge in [0.25, 0.3) is 0 Å². The van der Waals surface area contributed by atoms with Crippen LogP contribution in [-0.2, 0) is 6.42 Å². The van der Waals surface area contributed by atoms with E-state index in [0.717, 1.165) is 25.3 Å². The van der Waals surface area contributed by atoms with E-state index in [0.29, 0.717) is 11.8 Å². The molecule has 1 aliphatic rings. The minimum Gasteiger partial charge on any atom is -0.317 e. The van der Waals surface area contributed by atoms with E-state index in [1.165, 1.54) is 29.8 Å². The number of piperidine rings is 1. The van der Waals surface area contributed by atoms with Crippen molar-refractivity contribution in [2.75, 3.05) is 13.1 Å². The Hall–Kier alpha value is -0.960. The summed E-state index contributed by atoms with van der Waals surface area (Å²) in [6.45, 7) is 11.0. The third-order valence-corrected chi connectivity index (χ3v) is 3.71. The molecule has 18 heavy (non-hydrogen) atoms. The second-order valence-corrected chi connectivity index (χ2v) is 5.85. The Morgan fingerprint density at radius 3 is 2.17 bits per heavy atom. The van der Waals surface area contributed by atoms with Crippen LogP contribution in [-0.4, -0.2) is 23.1 Å². The molecule has 1 N–H and O–H groups in total. The molecule has 0 saturated carbocycles. The largest absolute Gasteiger partial charge is 0.317 e. The highest BCUT2D eigenvalue weighted by Crippen LogP contribution is 2.29. The van der Waals surface area contributed by atoms with Gasteiger partial charge in [-0.1, -0.05) is 13.8 Å². The minimum absolute atomic E-state index is 0.619. The molecule has 0 unspecified atom stereocenters. The summed E-state index contributed by atoms with van der Waals surface area (Å²) < 4.78 is 0. The van der Waals surface area contributed by atoms with E-state index in [-0.39, 0.29) is 0 Å². The van der Waals surface area contributed by atoms with E-state index in [2.05, 4.69) is 33.0 Å². The highest BCUT2D eigenvalue weighted by Gasteiger charge is 2.21. The van der Waals surface area contributed by atoms with Gasteiger partial charge in [-0.15, -0.1) is 0 Å². The Bertz CT molecular complexity index is 383. The molecule has 1 saturated heterocycles. The maximum Gasteiger partial charge on any atom is 0.129 e. The van der Waals surface area contributed by atoms with Gasteiger partial charge in [-0.25, -0.2) is 9.97 Å². The molecular formula is C15H25N3. The molecule has 1 aliphatic heterocycles. The average Bonchev–Trinajstić information content (AvgIpc) is 2.28. The fourth-order valence-electron chi connectivity index (χ4n) is 2.95. The monoisotopic (exact) mass is 247 g/mol. The van der Waals surface area contributed by atoms with Crippen LogP contribution in [0, 0.1) is 19.8 Å². The smallest absolute Gasteiger partial charge is 0.129 e. The SMILES string of the molecule is Cc1nc(CC(C)C)nc(C)c1C1CCNCC1. The van der Waals surface area contributed by atoms with E-state index >= 15 is 0 Å². The van der Waals surface area contributed by atoms with Crippen LogP contribution in [0.3, 0.4) is 0 Å². The summed E-state index contributed by atoms with van der Waals surface area (Å²) in [5, 5.41) is 3.42. The van der Waals surface area contributed by atoms with Crippen LogP contribution >= 0.6 is 0 Å². The average molecular weight is 247 g/mol. The van der Waals surface area contributed by atoms with Gasteiger partial charge in [0.2, 0.25) is 0 Å². The summed E-state index contributed by atoms with van der Waals surface area (Å²) in [7, 11) is 0. The molecule has 0 aliphatic carbocycles. The summed E-state index contributed by atoms with van der Waals surface area (Å²) in [6.07, 6.45) is 3.41. The van der Waals surface area contributed by atoms with Gasteiger partial charge >= 0.3 is 0 Å². The first-order valence-corrected chi connectivity index (χ1v) is 7.12. The van der Waals surface area contributed by atoms with Gasteiger partial charge in [-0.05, 0) is 57.2 Å². The Labute approximate surface area is 110 Å². The first-order valence-electron chi connectivity index (χ1n) is 7.12. The maximum absolute atomic E-state index is 4.72. The molecule has 2 rings (SSSR count). The van der Waals surface area contributed by atoms with Gasteiger partial charge in [0.05, 0.1) is 0 Å². The second-order valence-electron chi connectivity index (χ2n) is 5.85. The van der Waals surface area contributed by atoms with Crippen LogP contribution < -0.4 is 5.32 Å². The van der Waals surface area contributed by atoms with E-state index in [1.807, 2.05) is 0 Å². The lowest BCUT2D eigenvalue weighted by Crippen LogP contribution is -2.27. The van der Waals surface area contributed by atoms with Crippen LogP contribution in [0.25, 0.3) is 0 Å². The quantitative estimate of drug-likeness (QED) is 0.892. The lowest BCUT2D eigenvalue weighted by molar-refractivity contribution is 0.454. The van der Waals surface area contributed by atoms with Gasteiger partial charge in [0.1, 0.15) is 5.82 Å². The van der Waals surface area contributed by atoms with Crippen molar-refractivity contribution in [1.29, 1.82) is 0 Å². The number of rotatable bonds is 3. The lowest BCUT2D eigenvalue weighted by Gasteiger charge is -2.25. The van der Waals surface area contributed by atoms with E-state index in [1.54, 1.807) is 0 Å². The van der Waals surface area contributed by atoms with Gasteiger partial charge < -0.3 is 5.32 Å². The first-order chi connectivity index (χ1) is 8.58. The normalized spacial score (nSPS) is 17.4. The van der Waals surface area contributed by atoms with Crippen molar-refractivity contribution in [3.8, 4) is 0 Å². The molecule has 0 bridgehead atoms. The molecule has 3 nitrogen and oxygen atoms in total. The molecule has 3 heteroatoms. The van der Waals surface area contributed by atoms with Gasteiger partial charge in [-0.3, -0.25) is 0 Å². The predicted molar refractivity (Wildman–Crippen MR) is 74.9 cm³/mol. The summed E-state index contributed by atoms with van der Waals surface area (Å²) >= 11 is 0. The summed E-state index contributed by atoms with van der Waals surface area (Å²) in [4.78, 5) is 9.44. The fourth-order valence-corrected chi connectivity index (χ4v) is 2.95. The highest BCUT2D eigenvalue weighted by molar-refractivity contribution is 5.29. The van der Waals surface area contributed by atoms with Crippen molar-refractivity contribution in [3.63, 3.8) is 0 Å². The summed E-state index contributed by atoms with van der Waals surface area (Å²) in [5.41, 5.74) is 3.80. The van der Waals surface area contributed by atoms with Crippen molar-refractivity contribution in [2.45, 2.75) is 52.9 Å². The van der Waals surface area contributed by atoms with Crippen molar-refractivity contribution >= 4 is 0 Å². The Balaban J connectivity index is 2.25. The summed E-state index contributed by atoms with van der Waals surface area (Å²) in [6, 6.07) is 0. The summed E-state index contributed by atoms with van der Waals surface area (Å²) in [5.74, 6) is 2.28. The van der Waals surface area contributed by atoms with Crippen LogP contribution in [0.2, 0.25) is 0 Å². The zero-order valence-corrected chi connectivity index (χ0v) is 12.1. The predicted octanol–water partition coefficient (Wildman–Crippen LogP) is 2.76. The first kappa shape index (κ1) is 13.5. The van der Waals surface area contributed by atoms with Crippen molar-refractivity contribution in [3.05, 3.63) is 22.8 Å². The number of hydrogen-bond donors (Lipinski definition) is 1. The van der Waals surface area contributed by atoms with Crippen molar-refractivity contribution in [1.82, 2.24) is 15.3 Å². The van der Waals surface area contributed by atoms with E-state index < -0.39 is 0 Å². The van der Waals surface area contributed by atoms with Gasteiger partial charge in [0, 0.05) is 17.8 Å². The molecule has 0 aromatic carbocycles. The molecule has 0 atom stereocenters. The second kappa shape index (κ2) is 5.79. The molecule has 0 spiro atoms. The number of aromatic nitrogens is 2. The maximum atomic E-state index is 4.72.